The van der Waals surface area contributed by atoms with Gasteiger partial charge in [0.25, 0.3) is 0 Å². The maximum atomic E-state index is 2.61. The number of thiophene rings is 1. The van der Waals surface area contributed by atoms with Crippen molar-refractivity contribution in [2.45, 2.75) is 78.6 Å². The number of hydrogen-bond donors (Lipinski definition) is 0. The van der Waals surface area contributed by atoms with E-state index in [0.717, 1.165) is 7.28 Å². The molecule has 0 spiro atoms. The van der Waals surface area contributed by atoms with Crippen LogP contribution in [0.4, 0.5) is 34.1 Å². The Morgan fingerprint density at radius 3 is 1.96 bits per heavy atom. The Morgan fingerprint density at radius 2 is 1.21 bits per heavy atom. The van der Waals surface area contributed by atoms with Gasteiger partial charge in [0.1, 0.15) is 0 Å². The van der Waals surface area contributed by atoms with Crippen molar-refractivity contribution in [3.8, 4) is 11.1 Å². The second kappa shape index (κ2) is 13.9. The van der Waals surface area contributed by atoms with Crippen molar-refractivity contribution >= 4 is 112 Å². The molecule has 0 bridgehead atoms. The second-order valence-corrected chi connectivity index (χ2v) is 23.1. The van der Waals surface area contributed by atoms with Gasteiger partial charge in [-0.1, -0.05) is 158 Å². The molecule has 4 heterocycles. The molecule has 5 heteroatoms. The molecule has 326 valence electrons. The number of para-hydroxylation sites is 2. The van der Waals surface area contributed by atoms with Crippen LogP contribution in [-0.4, -0.2) is 11.7 Å². The van der Waals surface area contributed by atoms with E-state index in [2.05, 4.69) is 234 Å². The number of aromatic nitrogens is 1. The molecule has 8 aromatic carbocycles. The molecule has 0 saturated heterocycles. The average molecular weight is 884 g/mol. The van der Waals surface area contributed by atoms with Crippen molar-refractivity contribution < 1.29 is 0 Å². The number of hydrogen-bond acceptors (Lipinski definition) is 3. The van der Waals surface area contributed by atoms with Gasteiger partial charge in [-0.15, -0.1) is 11.3 Å². The van der Waals surface area contributed by atoms with Crippen LogP contribution in [0.2, 0.25) is 0 Å². The predicted octanol–water partition coefficient (Wildman–Crippen LogP) is 15.9. The lowest BCUT2D eigenvalue weighted by Crippen LogP contribution is -2.42. The highest BCUT2D eigenvalue weighted by Crippen LogP contribution is 2.54. The summed E-state index contributed by atoms with van der Waals surface area (Å²) < 4.78 is 3.85. The average Bonchev–Trinajstić information content (AvgIpc) is 4.00. The lowest BCUT2D eigenvalue weighted by atomic mass is 9.59. The molecule has 0 N–H and O–H groups in total. The van der Waals surface area contributed by atoms with Crippen molar-refractivity contribution in [3.63, 3.8) is 0 Å². The second-order valence-electron chi connectivity index (χ2n) is 21.8. The van der Waals surface area contributed by atoms with E-state index in [1.54, 1.807) is 0 Å². The maximum Gasteiger partial charge on any atom is 0.200 e. The van der Waals surface area contributed by atoms with Crippen LogP contribution in [0.1, 0.15) is 82.5 Å². The quantitative estimate of drug-likeness (QED) is 0.163. The predicted molar refractivity (Wildman–Crippen MR) is 292 cm³/mol. The number of aryl methyl sites for hydroxylation is 1. The first-order valence-electron chi connectivity index (χ1n) is 24.0. The summed E-state index contributed by atoms with van der Waals surface area (Å²) in [6.45, 7) is 20.9. The Bertz CT molecular complexity index is 3840. The Hall–Kier alpha value is -6.82. The van der Waals surface area contributed by atoms with Crippen LogP contribution in [-0.2, 0) is 16.2 Å². The molecule has 1 aliphatic carbocycles. The van der Waals surface area contributed by atoms with E-state index >= 15 is 0 Å². The molecule has 1 aliphatic heterocycles. The summed E-state index contributed by atoms with van der Waals surface area (Å²) in [6.07, 6.45) is 0. The van der Waals surface area contributed by atoms with Crippen LogP contribution >= 0.6 is 11.3 Å². The van der Waals surface area contributed by atoms with E-state index in [1.165, 1.54) is 131 Å². The molecule has 0 saturated carbocycles. The summed E-state index contributed by atoms with van der Waals surface area (Å²) in [5.41, 5.74) is 21.9. The van der Waals surface area contributed by atoms with Gasteiger partial charge in [0.2, 0.25) is 7.28 Å². The summed E-state index contributed by atoms with van der Waals surface area (Å²) >= 11 is 1.93. The van der Waals surface area contributed by atoms with Crippen LogP contribution in [0.25, 0.3) is 59.3 Å². The van der Waals surface area contributed by atoms with E-state index in [1.807, 2.05) is 11.3 Å². The van der Waals surface area contributed by atoms with Crippen LogP contribution in [0.3, 0.4) is 0 Å². The highest BCUT2D eigenvalue weighted by Gasteiger charge is 2.37. The summed E-state index contributed by atoms with van der Waals surface area (Å²) in [5.74, 6) is 0. The minimum atomic E-state index is -0.0671. The number of nitrogens with zero attached hydrogens (tertiary/aromatic N) is 3. The largest absolute Gasteiger partial charge is 0.311 e. The summed E-state index contributed by atoms with van der Waals surface area (Å²) in [7, 11) is 0.797. The number of rotatable bonds is 4. The molecule has 0 amide bonds. The Labute approximate surface area is 398 Å². The molecule has 13 rings (SSSR count). The first-order valence-corrected chi connectivity index (χ1v) is 24.8. The summed E-state index contributed by atoms with van der Waals surface area (Å²) in [6, 6.07) is 60.6. The fourth-order valence-corrected chi connectivity index (χ4v) is 13.0. The van der Waals surface area contributed by atoms with Crippen LogP contribution < -0.4 is 20.7 Å². The zero-order valence-electron chi connectivity index (χ0n) is 40.0. The van der Waals surface area contributed by atoms with Gasteiger partial charge in [0.05, 0.1) is 22.2 Å². The first-order chi connectivity index (χ1) is 32.2. The lowest BCUT2D eigenvalue weighted by molar-refractivity contribution is 0.590. The third-order valence-corrected chi connectivity index (χ3v) is 16.4. The summed E-state index contributed by atoms with van der Waals surface area (Å²) in [4.78, 5) is 6.48. The smallest absolute Gasteiger partial charge is 0.200 e. The molecule has 0 fully saturated rings. The maximum absolute atomic E-state index is 2.61. The van der Waals surface area contributed by atoms with E-state index in [0.29, 0.717) is 0 Å². The Kier molecular flexibility index (Phi) is 8.38. The molecule has 3 nitrogen and oxygen atoms in total. The first kappa shape index (κ1) is 40.5. The molecule has 67 heavy (non-hydrogen) atoms. The number of anilines is 6. The van der Waals surface area contributed by atoms with Crippen molar-refractivity contribution in [1.82, 2.24) is 4.40 Å². The Morgan fingerprint density at radius 1 is 0.552 bits per heavy atom. The minimum Gasteiger partial charge on any atom is -0.311 e. The summed E-state index contributed by atoms with van der Waals surface area (Å²) in [5, 5.41) is 6.53. The minimum absolute atomic E-state index is 0.0333. The third-order valence-electron chi connectivity index (χ3n) is 15.4. The van der Waals surface area contributed by atoms with Gasteiger partial charge in [0.15, 0.2) is 0 Å². The lowest BCUT2D eigenvalue weighted by Gasteiger charge is -2.37. The topological polar surface area (TPSA) is 10.9 Å². The SMILES string of the molecule is Cc1sc2cc3c(cc2c1N(c1ccc(C(C)(C)C)cc1)c1cccc2c1Bc1cc4c5cccc6c7ccccc7n(c4cc1N2c1ccc(C(C)(C)C)cc1)c65)-c1ccccc1C3(C)C. The number of fused-ring (bicyclic) bond motifs is 12. The third kappa shape index (κ3) is 5.77. The molecule has 0 radical (unpaired) electrons. The molecule has 3 aromatic heterocycles. The van der Waals surface area contributed by atoms with Crippen molar-refractivity contribution in [3.05, 3.63) is 185 Å². The van der Waals surface area contributed by atoms with E-state index in [-0.39, 0.29) is 16.2 Å². The van der Waals surface area contributed by atoms with E-state index < -0.39 is 0 Å². The zero-order chi connectivity index (χ0) is 45.9. The molecule has 0 atom stereocenters. The van der Waals surface area contributed by atoms with Crippen LogP contribution in [0.15, 0.2) is 158 Å². The highest BCUT2D eigenvalue weighted by molar-refractivity contribution is 7.19. The molecule has 0 unspecified atom stereocenters. The highest BCUT2D eigenvalue weighted by atomic mass is 32.1. The Balaban J connectivity index is 1.08. The fraction of sp³-hybridized carbons (Fsp3) is 0.194. The van der Waals surface area contributed by atoms with Gasteiger partial charge in [-0.2, -0.15) is 0 Å². The van der Waals surface area contributed by atoms with Crippen molar-refractivity contribution in [2.75, 3.05) is 9.80 Å². The van der Waals surface area contributed by atoms with Gasteiger partial charge in [0, 0.05) is 70.4 Å². The van der Waals surface area contributed by atoms with Crippen LogP contribution in [0.5, 0.6) is 0 Å². The molecular formula is C62H54BN3S. The van der Waals surface area contributed by atoms with Gasteiger partial charge in [-0.05, 0) is 117 Å². The standard InChI is InChI=1S/C62H54BN3S/c1-36-58(47-32-45-41-16-10-12-20-48(41)62(8,9)49(45)34-56(47)67-36)65(40-30-26-38(27-31-40)61(5,6)7)53-23-15-22-52-57(53)63-50-33-46-44-19-14-18-43-42-17-11-13-21-51(42)66(59(43)44)54(46)35-55(50)64(52)39-28-24-37(25-29-39)60(2,3)4/h10-35,63H,1-9H3. The van der Waals surface area contributed by atoms with Crippen molar-refractivity contribution in [2.24, 2.45) is 0 Å². The van der Waals surface area contributed by atoms with Crippen molar-refractivity contribution in [1.29, 1.82) is 0 Å². The molecule has 2 aliphatic rings. The van der Waals surface area contributed by atoms with E-state index in [4.69, 9.17) is 0 Å². The van der Waals surface area contributed by atoms with Gasteiger partial charge in [-0.25, -0.2) is 0 Å². The number of benzene rings is 8. The molecule has 11 aromatic rings. The van der Waals surface area contributed by atoms with Gasteiger partial charge in [-0.3, -0.25) is 0 Å². The monoisotopic (exact) mass is 883 g/mol. The van der Waals surface area contributed by atoms with E-state index in [9.17, 15) is 0 Å². The normalized spacial score (nSPS) is 14.3. The van der Waals surface area contributed by atoms with Crippen LogP contribution in [0, 0.1) is 6.92 Å². The zero-order valence-corrected chi connectivity index (χ0v) is 40.8. The van der Waals surface area contributed by atoms with Gasteiger partial charge < -0.3 is 14.2 Å². The van der Waals surface area contributed by atoms with Gasteiger partial charge >= 0.3 is 0 Å². The fourth-order valence-electron chi connectivity index (χ4n) is 11.9. The molecular weight excluding hydrogens is 830 g/mol.